The van der Waals surface area contributed by atoms with Crippen molar-refractivity contribution in [2.45, 2.75) is 26.2 Å². The largest absolute Gasteiger partial charge is 0.496 e. The molecule has 2 rings (SSSR count). The van der Waals surface area contributed by atoms with Gasteiger partial charge in [0.2, 0.25) is 0 Å². The van der Waals surface area contributed by atoms with E-state index in [1.807, 2.05) is 0 Å². The molecule has 0 atom stereocenters. The number of amides is 2. The first kappa shape index (κ1) is 22.2. The van der Waals surface area contributed by atoms with Crippen molar-refractivity contribution in [3.63, 3.8) is 0 Å². The molecule has 7 nitrogen and oxygen atoms in total. The summed E-state index contributed by atoms with van der Waals surface area (Å²) in [7, 11) is 1.48. The molecular formula is C21H25N3O4S. The summed E-state index contributed by atoms with van der Waals surface area (Å²) in [5, 5.41) is 2.49. The number of methoxy groups -OCH3 is 1. The third kappa shape index (κ3) is 6.76. The minimum Gasteiger partial charge on any atom is -0.496 e. The van der Waals surface area contributed by atoms with Crippen molar-refractivity contribution < 1.29 is 19.1 Å². The lowest BCUT2D eigenvalue weighted by atomic mass is 10.2. The standard InChI is InChI=1S/C21H25N3O4S/c1-3-4-9-14-28-18-13-8-6-11-16(18)19(25)22-21(29)24-23-20(26)15-10-5-7-12-17(15)27-2/h5-8,10-13H,3-4,9,14H2,1-2H3,(H,23,26)(H2,22,24,25,29). The van der Waals surface area contributed by atoms with Gasteiger partial charge in [-0.2, -0.15) is 0 Å². The van der Waals surface area contributed by atoms with Crippen molar-refractivity contribution >= 4 is 29.1 Å². The summed E-state index contributed by atoms with van der Waals surface area (Å²) >= 11 is 5.10. The van der Waals surface area contributed by atoms with Crippen LogP contribution in [0.3, 0.4) is 0 Å². The average molecular weight is 416 g/mol. The van der Waals surface area contributed by atoms with Gasteiger partial charge in [-0.15, -0.1) is 0 Å². The van der Waals surface area contributed by atoms with Gasteiger partial charge >= 0.3 is 0 Å². The monoisotopic (exact) mass is 415 g/mol. The number of rotatable bonds is 8. The van der Waals surface area contributed by atoms with Gasteiger partial charge in [0.1, 0.15) is 11.5 Å². The molecule has 0 heterocycles. The van der Waals surface area contributed by atoms with Crippen molar-refractivity contribution in [2.24, 2.45) is 0 Å². The van der Waals surface area contributed by atoms with E-state index in [2.05, 4.69) is 23.1 Å². The maximum absolute atomic E-state index is 12.5. The van der Waals surface area contributed by atoms with Crippen molar-refractivity contribution in [1.82, 2.24) is 16.2 Å². The van der Waals surface area contributed by atoms with E-state index in [0.29, 0.717) is 29.2 Å². The van der Waals surface area contributed by atoms with Gasteiger partial charge in [0.25, 0.3) is 11.8 Å². The molecule has 0 aliphatic carbocycles. The molecule has 0 spiro atoms. The van der Waals surface area contributed by atoms with Crippen molar-refractivity contribution in [3.8, 4) is 11.5 Å². The Labute approximate surface area is 175 Å². The van der Waals surface area contributed by atoms with E-state index in [1.54, 1.807) is 48.5 Å². The second kappa shape index (κ2) is 11.7. The Balaban J connectivity index is 1.91. The zero-order chi connectivity index (χ0) is 21.1. The predicted octanol–water partition coefficient (Wildman–Crippen LogP) is 3.21. The Morgan fingerprint density at radius 2 is 1.52 bits per heavy atom. The van der Waals surface area contributed by atoms with Crippen LogP contribution in [0.5, 0.6) is 11.5 Å². The first-order chi connectivity index (χ1) is 14.1. The molecule has 0 saturated carbocycles. The third-order valence-corrected chi connectivity index (χ3v) is 4.21. The number of hydrogen-bond acceptors (Lipinski definition) is 5. The Morgan fingerprint density at radius 1 is 0.897 bits per heavy atom. The molecule has 0 radical (unpaired) electrons. The van der Waals surface area contributed by atoms with Crippen LogP contribution in [-0.2, 0) is 0 Å². The van der Waals surface area contributed by atoms with Crippen LogP contribution in [0.1, 0.15) is 46.9 Å². The van der Waals surface area contributed by atoms with E-state index in [1.165, 1.54) is 7.11 Å². The molecule has 0 aromatic heterocycles. The summed E-state index contributed by atoms with van der Waals surface area (Å²) in [4.78, 5) is 24.8. The van der Waals surface area contributed by atoms with Crippen LogP contribution in [0.4, 0.5) is 0 Å². The predicted molar refractivity (Wildman–Crippen MR) is 115 cm³/mol. The van der Waals surface area contributed by atoms with Crippen LogP contribution in [0.15, 0.2) is 48.5 Å². The van der Waals surface area contributed by atoms with Gasteiger partial charge in [0.05, 0.1) is 24.8 Å². The molecule has 0 unspecified atom stereocenters. The maximum atomic E-state index is 12.5. The highest BCUT2D eigenvalue weighted by Crippen LogP contribution is 2.18. The normalized spacial score (nSPS) is 10.0. The van der Waals surface area contributed by atoms with E-state index >= 15 is 0 Å². The zero-order valence-electron chi connectivity index (χ0n) is 16.5. The second-order valence-electron chi connectivity index (χ2n) is 6.11. The fourth-order valence-corrected chi connectivity index (χ4v) is 2.67. The summed E-state index contributed by atoms with van der Waals surface area (Å²) in [5.41, 5.74) is 5.65. The molecule has 29 heavy (non-hydrogen) atoms. The number of hydrazine groups is 1. The number of benzene rings is 2. The first-order valence-electron chi connectivity index (χ1n) is 9.33. The Hall–Kier alpha value is -3.13. The van der Waals surface area contributed by atoms with E-state index < -0.39 is 11.8 Å². The summed E-state index contributed by atoms with van der Waals surface area (Å²) in [6.45, 7) is 2.65. The second-order valence-corrected chi connectivity index (χ2v) is 6.52. The molecule has 2 aromatic rings. The fraction of sp³-hybridized carbons (Fsp3) is 0.286. The van der Waals surface area contributed by atoms with Gasteiger partial charge < -0.3 is 9.47 Å². The van der Waals surface area contributed by atoms with Gasteiger partial charge in [-0.05, 0) is 42.9 Å². The SMILES string of the molecule is CCCCCOc1ccccc1C(=O)NC(=S)NNC(=O)c1ccccc1OC. The topological polar surface area (TPSA) is 88.7 Å². The minimum atomic E-state index is -0.446. The molecule has 2 aromatic carbocycles. The van der Waals surface area contributed by atoms with Crippen LogP contribution < -0.4 is 25.6 Å². The van der Waals surface area contributed by atoms with Gasteiger partial charge in [0, 0.05) is 0 Å². The number of nitrogens with one attached hydrogen (secondary N) is 3. The summed E-state index contributed by atoms with van der Waals surface area (Å²) < 4.78 is 10.9. The van der Waals surface area contributed by atoms with E-state index in [-0.39, 0.29) is 5.11 Å². The molecule has 3 N–H and O–H groups in total. The lowest BCUT2D eigenvalue weighted by Gasteiger charge is -2.14. The molecule has 0 saturated heterocycles. The first-order valence-corrected chi connectivity index (χ1v) is 9.74. The zero-order valence-corrected chi connectivity index (χ0v) is 17.3. The molecular weight excluding hydrogens is 390 g/mol. The Kier molecular flexibility index (Phi) is 8.91. The van der Waals surface area contributed by atoms with Gasteiger partial charge in [-0.3, -0.25) is 25.8 Å². The smallest absolute Gasteiger partial charge is 0.273 e. The summed E-state index contributed by atoms with van der Waals surface area (Å²) in [5.74, 6) is 0.0386. The number of carbonyl (C=O) groups is 2. The van der Waals surface area contributed by atoms with Crippen LogP contribution in [-0.4, -0.2) is 30.6 Å². The fourth-order valence-electron chi connectivity index (χ4n) is 2.53. The number of para-hydroxylation sites is 2. The average Bonchev–Trinajstić information content (AvgIpc) is 2.75. The molecule has 8 heteroatoms. The third-order valence-electron chi connectivity index (χ3n) is 4.01. The molecule has 2 amide bonds. The lowest BCUT2D eigenvalue weighted by Crippen LogP contribution is -2.48. The number of carbonyl (C=O) groups excluding carboxylic acids is 2. The van der Waals surface area contributed by atoms with Crippen molar-refractivity contribution in [1.29, 1.82) is 0 Å². The highest BCUT2D eigenvalue weighted by Gasteiger charge is 2.15. The van der Waals surface area contributed by atoms with Gasteiger partial charge in [0.15, 0.2) is 5.11 Å². The number of hydrogen-bond donors (Lipinski definition) is 3. The minimum absolute atomic E-state index is 0.0426. The van der Waals surface area contributed by atoms with Crippen LogP contribution >= 0.6 is 12.2 Å². The van der Waals surface area contributed by atoms with Crippen LogP contribution in [0, 0.1) is 0 Å². The van der Waals surface area contributed by atoms with E-state index in [9.17, 15) is 9.59 Å². The summed E-state index contributed by atoms with van der Waals surface area (Å²) in [6.07, 6.45) is 3.07. The van der Waals surface area contributed by atoms with Crippen LogP contribution in [0.25, 0.3) is 0 Å². The van der Waals surface area contributed by atoms with Crippen molar-refractivity contribution in [3.05, 3.63) is 59.7 Å². The van der Waals surface area contributed by atoms with E-state index in [0.717, 1.165) is 19.3 Å². The molecule has 154 valence electrons. The quantitative estimate of drug-likeness (QED) is 0.349. The lowest BCUT2D eigenvalue weighted by molar-refractivity contribution is 0.0931. The Morgan fingerprint density at radius 3 is 2.17 bits per heavy atom. The molecule has 0 bridgehead atoms. The number of unbranched alkanes of at least 4 members (excludes halogenated alkanes) is 2. The highest BCUT2D eigenvalue weighted by atomic mass is 32.1. The molecule has 0 aliphatic rings. The maximum Gasteiger partial charge on any atom is 0.273 e. The highest BCUT2D eigenvalue weighted by molar-refractivity contribution is 7.80. The molecule has 0 aliphatic heterocycles. The van der Waals surface area contributed by atoms with Gasteiger partial charge in [-0.25, -0.2) is 0 Å². The molecule has 0 fully saturated rings. The van der Waals surface area contributed by atoms with E-state index in [4.69, 9.17) is 21.7 Å². The number of thiocarbonyl (C=S) groups is 1. The van der Waals surface area contributed by atoms with Crippen LogP contribution in [0.2, 0.25) is 0 Å². The Bertz CT molecular complexity index is 857. The number of ether oxygens (including phenoxy) is 2. The summed E-state index contributed by atoms with van der Waals surface area (Å²) in [6, 6.07) is 13.7. The van der Waals surface area contributed by atoms with Gasteiger partial charge in [-0.1, -0.05) is 44.0 Å². The van der Waals surface area contributed by atoms with Crippen molar-refractivity contribution in [2.75, 3.05) is 13.7 Å².